The van der Waals surface area contributed by atoms with Crippen LogP contribution in [0.25, 0.3) is 0 Å². The minimum atomic E-state index is -4.94. The minimum Gasteiger partial charge on any atom is -0.872 e. The number of halogens is 1. The molecule has 0 saturated heterocycles. The van der Waals surface area contributed by atoms with Gasteiger partial charge < -0.3 is 29.9 Å². The van der Waals surface area contributed by atoms with Gasteiger partial charge in [-0.2, -0.15) is 0 Å². The van der Waals surface area contributed by atoms with Crippen molar-refractivity contribution in [1.82, 2.24) is 9.80 Å². The van der Waals surface area contributed by atoms with E-state index < -0.39 is 16.2 Å². The number of nitrogens with zero attached hydrogens (tertiary/aromatic N) is 4. The van der Waals surface area contributed by atoms with Crippen molar-refractivity contribution in [3.8, 4) is 11.5 Å². The van der Waals surface area contributed by atoms with Crippen LogP contribution in [0.4, 0.5) is 0 Å². The van der Waals surface area contributed by atoms with Crippen LogP contribution in [0.2, 0.25) is 0 Å². The van der Waals surface area contributed by atoms with Crippen molar-refractivity contribution < 1.29 is 83.1 Å². The number of aryl methyl sites for hydroxylation is 1. The molecule has 0 aliphatic rings. The molecule has 0 spiro atoms. The Kier molecular flexibility index (Phi) is 29.1. The molecular weight excluding hydrogens is 731 g/mol. The number of aromatic carboxylic acids is 1. The monoisotopic (exact) mass is 770 g/mol. The van der Waals surface area contributed by atoms with Crippen LogP contribution in [-0.2, 0) is 34.1 Å². The van der Waals surface area contributed by atoms with Crippen molar-refractivity contribution in [2.45, 2.75) is 19.8 Å². The number of carbonyl (C=O) groups is 1. The summed E-state index contributed by atoms with van der Waals surface area (Å²) in [6.45, 7) is 5.33. The SMILES string of the molecule is CN(C)CCCN=Cc1ccccc1[O-].CN(C)CCCN=Cc1ccccc1[O-].Cc1ccccc1C(=O)[O-].[Cu+2].[Cu+2].[O-][Cl+3]([O-])([O-])[O-]. The van der Waals surface area contributed by atoms with Crippen molar-refractivity contribution in [2.24, 2.45) is 9.98 Å². The van der Waals surface area contributed by atoms with Crippen LogP contribution in [0.3, 0.4) is 0 Å². The second-order valence-corrected chi connectivity index (χ2v) is 10.7. The Balaban J connectivity index is -0.000000573. The third-order valence-corrected chi connectivity index (χ3v) is 5.45. The van der Waals surface area contributed by atoms with E-state index in [0.29, 0.717) is 11.1 Å². The number of carboxylic acids is 1. The number of carboxylic acid groups (broad SMARTS) is 1. The first-order valence-corrected chi connectivity index (χ1v) is 15.0. The molecule has 266 valence electrons. The molecule has 0 unspecified atom stereocenters. The normalized spacial score (nSPS) is 10.5. The van der Waals surface area contributed by atoms with Crippen molar-refractivity contribution in [3.63, 3.8) is 0 Å². The van der Waals surface area contributed by atoms with Crippen LogP contribution in [0.5, 0.6) is 11.5 Å². The number of hydrogen-bond donors (Lipinski definition) is 0. The van der Waals surface area contributed by atoms with Gasteiger partial charge in [-0.25, -0.2) is 18.6 Å². The number of aliphatic imine (C=N–C) groups is 2. The minimum absolute atomic E-state index is 0. The predicted molar refractivity (Wildman–Crippen MR) is 159 cm³/mol. The van der Waals surface area contributed by atoms with Crippen molar-refractivity contribution >= 4 is 18.4 Å². The molecule has 0 aliphatic heterocycles. The van der Waals surface area contributed by atoms with E-state index in [1.165, 1.54) is 6.07 Å². The molecule has 3 aromatic carbocycles. The molecule has 0 aromatic heterocycles. The average molecular weight is 772 g/mol. The van der Waals surface area contributed by atoms with Crippen LogP contribution >= 0.6 is 0 Å². The molecule has 15 heteroatoms. The zero-order chi connectivity index (χ0) is 34.3. The Morgan fingerprint density at radius 1 is 0.681 bits per heavy atom. The fourth-order valence-corrected chi connectivity index (χ4v) is 3.26. The van der Waals surface area contributed by atoms with Gasteiger partial charge in [0, 0.05) is 31.1 Å². The second kappa shape index (κ2) is 28.2. The first-order valence-electron chi connectivity index (χ1n) is 13.8. The number of benzene rings is 3. The number of para-hydroxylation sites is 2. The number of carbonyl (C=O) groups excluding carboxylic acids is 1. The van der Waals surface area contributed by atoms with E-state index in [1.54, 1.807) is 74.0 Å². The van der Waals surface area contributed by atoms with Gasteiger partial charge >= 0.3 is 34.1 Å². The molecule has 2 radical (unpaired) electrons. The number of rotatable bonds is 11. The number of hydrogen-bond acceptors (Lipinski definition) is 12. The maximum atomic E-state index is 11.3. The van der Waals surface area contributed by atoms with Gasteiger partial charge in [-0.1, -0.05) is 72.8 Å². The van der Waals surface area contributed by atoms with Crippen molar-refractivity contribution in [1.29, 1.82) is 0 Å². The largest absolute Gasteiger partial charge is 2.00 e. The zero-order valence-corrected chi connectivity index (χ0v) is 29.5. The quantitative estimate of drug-likeness (QED) is 0.117. The summed E-state index contributed by atoms with van der Waals surface area (Å²) in [5.74, 6) is -1.04. The summed E-state index contributed by atoms with van der Waals surface area (Å²) in [4.78, 5) is 23.0. The van der Waals surface area contributed by atoms with Crippen LogP contribution in [0.15, 0.2) is 82.8 Å². The zero-order valence-electron chi connectivity index (χ0n) is 26.9. The Morgan fingerprint density at radius 2 is 1.02 bits per heavy atom. The van der Waals surface area contributed by atoms with Gasteiger partial charge in [0.05, 0.1) is 5.97 Å². The van der Waals surface area contributed by atoms with Gasteiger partial charge in [0.15, 0.2) is 0 Å². The topological polar surface area (TPSA) is 210 Å². The first kappa shape index (κ1) is 48.6. The third-order valence-electron chi connectivity index (χ3n) is 5.45. The van der Waals surface area contributed by atoms with Gasteiger partial charge in [-0.15, -0.1) is 21.7 Å². The van der Waals surface area contributed by atoms with Gasteiger partial charge in [-0.05, 0) is 77.7 Å². The predicted octanol–water partition coefficient (Wildman–Crippen LogP) is -2.14. The van der Waals surface area contributed by atoms with Crippen LogP contribution in [-0.4, -0.2) is 82.6 Å². The molecular formula is C32H41ClCu2N4O8. The van der Waals surface area contributed by atoms with E-state index in [2.05, 4.69) is 19.8 Å². The molecule has 3 rings (SSSR count). The summed E-state index contributed by atoms with van der Waals surface area (Å²) in [6.07, 6.45) is 5.37. The molecule has 0 amide bonds. The maximum absolute atomic E-state index is 11.3. The van der Waals surface area contributed by atoms with E-state index in [4.69, 9.17) is 18.6 Å². The average Bonchev–Trinajstić information content (AvgIpc) is 2.94. The summed E-state index contributed by atoms with van der Waals surface area (Å²) < 4.78 is 34.0. The Hall–Kier alpha value is -2.84. The molecule has 0 fully saturated rings. The third kappa shape index (κ3) is 29.1. The molecule has 3 aromatic rings. The van der Waals surface area contributed by atoms with Gasteiger partial charge in [0.25, 0.3) is 0 Å². The van der Waals surface area contributed by atoms with Crippen LogP contribution in [0, 0.1) is 17.2 Å². The van der Waals surface area contributed by atoms with Crippen LogP contribution < -0.4 is 34.0 Å². The molecule has 0 bridgehead atoms. The summed E-state index contributed by atoms with van der Waals surface area (Å²) in [5.41, 5.74) is 2.34. The maximum Gasteiger partial charge on any atom is 2.00 e. The Bertz CT molecular complexity index is 1240. The summed E-state index contributed by atoms with van der Waals surface area (Å²) in [7, 11) is 3.21. The summed E-state index contributed by atoms with van der Waals surface area (Å²) in [5, 5.41) is 32.9. The van der Waals surface area contributed by atoms with E-state index >= 15 is 0 Å². The first-order chi connectivity index (χ1) is 21.1. The molecule has 0 aliphatic carbocycles. The van der Waals surface area contributed by atoms with Crippen molar-refractivity contribution in [2.75, 3.05) is 54.4 Å². The van der Waals surface area contributed by atoms with Gasteiger partial charge in [0.1, 0.15) is 0 Å². The molecule has 47 heavy (non-hydrogen) atoms. The Morgan fingerprint density at radius 3 is 1.32 bits per heavy atom. The molecule has 12 nitrogen and oxygen atoms in total. The summed E-state index contributed by atoms with van der Waals surface area (Å²) in [6, 6.07) is 20.6. The molecule has 0 saturated carbocycles. The van der Waals surface area contributed by atoms with Crippen LogP contribution in [0.1, 0.15) is 39.9 Å². The fourth-order valence-electron chi connectivity index (χ4n) is 3.26. The standard InChI is InChI=1S/2C12H18N2O.C8H8O2.ClHO4.2Cu/c2*1-14(2)9-5-8-13-10-11-6-3-4-7-12(11)15;1-6-4-2-3-5-7(6)8(9)10;2-1(3,4)5;;/h2*3-4,6-7,10,15H,5,8-9H2,1-2H3;2-5H,1H3,(H,9,10);(H,2,3,4,5);;/q;;;;2*+2/p-4. The summed E-state index contributed by atoms with van der Waals surface area (Å²) >= 11 is 0. The molecule has 0 N–H and O–H groups in total. The van der Waals surface area contributed by atoms with E-state index in [-0.39, 0.29) is 51.2 Å². The van der Waals surface area contributed by atoms with Gasteiger partial charge in [0.2, 0.25) is 0 Å². The Labute approximate surface area is 300 Å². The van der Waals surface area contributed by atoms with Gasteiger partial charge in [-0.3, -0.25) is 9.98 Å². The second-order valence-electron chi connectivity index (χ2n) is 9.94. The smallest absolute Gasteiger partial charge is 0.872 e. The molecule has 0 heterocycles. The van der Waals surface area contributed by atoms with E-state index in [0.717, 1.165) is 44.6 Å². The molecule has 0 atom stereocenters. The van der Waals surface area contributed by atoms with E-state index in [1.807, 2.05) is 40.3 Å². The fraction of sp³-hybridized carbons (Fsp3) is 0.344. The van der Waals surface area contributed by atoms with Crippen molar-refractivity contribution in [3.05, 3.63) is 95.1 Å². The van der Waals surface area contributed by atoms with E-state index in [9.17, 15) is 20.1 Å².